The molecule has 0 spiro atoms. The number of ether oxygens (including phenoxy) is 1. The molecule has 0 aromatic carbocycles. The molecule has 2 N–H and O–H groups in total. The molecule has 0 bridgehead atoms. The van der Waals surface area contributed by atoms with Crippen molar-refractivity contribution in [3.63, 3.8) is 0 Å². The van der Waals surface area contributed by atoms with E-state index in [1.165, 1.54) is 0 Å². The van der Waals surface area contributed by atoms with Crippen LogP contribution in [0.5, 0.6) is 0 Å². The Morgan fingerprint density at radius 1 is 1.50 bits per heavy atom. The van der Waals surface area contributed by atoms with E-state index in [0.717, 1.165) is 4.90 Å². The van der Waals surface area contributed by atoms with E-state index in [2.05, 4.69) is 0 Å². The first-order valence-electron chi connectivity index (χ1n) is 5.02. The molecule has 0 aromatic rings. The van der Waals surface area contributed by atoms with Crippen LogP contribution in [-0.2, 0) is 9.53 Å². The molecule has 1 aliphatic rings. The summed E-state index contributed by atoms with van der Waals surface area (Å²) in [5.74, 6) is -1.19. The number of nitrogens with one attached hydrogen (secondary N) is 1. The number of aliphatic carboxylic acids is 1. The Bertz CT molecular complexity index is 332. The van der Waals surface area contributed by atoms with Crippen molar-refractivity contribution < 1.29 is 19.4 Å². The SMILES string of the molecule is CC(C)(C)OC(=O)N1CCC(=N)C1C(=O)O. The van der Waals surface area contributed by atoms with E-state index < -0.39 is 23.7 Å². The van der Waals surface area contributed by atoms with Crippen molar-refractivity contribution in [2.45, 2.75) is 38.8 Å². The highest BCUT2D eigenvalue weighted by atomic mass is 16.6. The van der Waals surface area contributed by atoms with Crippen LogP contribution in [0.3, 0.4) is 0 Å². The number of carboxylic acid groups (broad SMARTS) is 1. The van der Waals surface area contributed by atoms with Crippen LogP contribution in [0.25, 0.3) is 0 Å². The minimum absolute atomic E-state index is 0.0401. The van der Waals surface area contributed by atoms with Gasteiger partial charge >= 0.3 is 12.1 Å². The molecular formula is C10H16N2O4. The minimum atomic E-state index is -1.19. The Morgan fingerprint density at radius 3 is 2.50 bits per heavy atom. The van der Waals surface area contributed by atoms with Gasteiger partial charge in [0.25, 0.3) is 0 Å². The number of hydrogen-bond donors (Lipinski definition) is 2. The number of carboxylic acids is 1. The third kappa shape index (κ3) is 2.71. The first-order valence-corrected chi connectivity index (χ1v) is 5.02. The molecule has 1 aliphatic heterocycles. The third-order valence-corrected chi connectivity index (χ3v) is 2.13. The topological polar surface area (TPSA) is 90.7 Å². The van der Waals surface area contributed by atoms with Gasteiger partial charge in [0, 0.05) is 18.7 Å². The number of nitrogens with zero attached hydrogens (tertiary/aromatic N) is 1. The van der Waals surface area contributed by atoms with E-state index in [4.69, 9.17) is 15.3 Å². The number of rotatable bonds is 1. The second-order valence-corrected chi connectivity index (χ2v) is 4.69. The number of carbonyl (C=O) groups excluding carboxylic acids is 1. The van der Waals surface area contributed by atoms with Crippen molar-refractivity contribution in [2.24, 2.45) is 0 Å². The van der Waals surface area contributed by atoms with E-state index in [1.54, 1.807) is 20.8 Å². The largest absolute Gasteiger partial charge is 0.479 e. The molecule has 0 aromatic heterocycles. The molecular weight excluding hydrogens is 212 g/mol. The number of hydrogen-bond acceptors (Lipinski definition) is 4. The third-order valence-electron chi connectivity index (χ3n) is 2.13. The van der Waals surface area contributed by atoms with Crippen LogP contribution in [0.2, 0.25) is 0 Å². The lowest BCUT2D eigenvalue weighted by molar-refractivity contribution is -0.140. The first-order chi connectivity index (χ1) is 7.22. The Kier molecular flexibility index (Phi) is 3.21. The van der Waals surface area contributed by atoms with Gasteiger partial charge in [0.05, 0.1) is 0 Å². The van der Waals surface area contributed by atoms with Crippen molar-refractivity contribution in [1.29, 1.82) is 5.41 Å². The highest BCUT2D eigenvalue weighted by Gasteiger charge is 2.40. The summed E-state index contributed by atoms with van der Waals surface area (Å²) in [6.45, 7) is 5.36. The standard InChI is InChI=1S/C10H16N2O4/c1-10(2,3)16-9(15)12-5-4-6(11)7(12)8(13)14/h7,11H,4-5H2,1-3H3,(H,13,14). The van der Waals surface area contributed by atoms with Crippen molar-refractivity contribution >= 4 is 17.8 Å². The van der Waals surface area contributed by atoms with Gasteiger partial charge < -0.3 is 15.3 Å². The van der Waals surface area contributed by atoms with Crippen molar-refractivity contribution in [3.8, 4) is 0 Å². The molecule has 0 aliphatic carbocycles. The molecule has 1 heterocycles. The van der Waals surface area contributed by atoms with Crippen LogP contribution in [0, 0.1) is 5.41 Å². The normalized spacial score (nSPS) is 21.1. The minimum Gasteiger partial charge on any atom is -0.479 e. The van der Waals surface area contributed by atoms with Crippen LogP contribution in [0.1, 0.15) is 27.2 Å². The number of likely N-dealkylation sites (tertiary alicyclic amines) is 1. The molecule has 6 nitrogen and oxygen atoms in total. The fraction of sp³-hybridized carbons (Fsp3) is 0.700. The zero-order chi connectivity index (χ0) is 12.5. The zero-order valence-electron chi connectivity index (χ0n) is 9.61. The number of carbonyl (C=O) groups is 2. The molecule has 1 amide bonds. The highest BCUT2D eigenvalue weighted by molar-refractivity contribution is 6.07. The van der Waals surface area contributed by atoms with Gasteiger partial charge in [-0.2, -0.15) is 0 Å². The summed E-state index contributed by atoms with van der Waals surface area (Å²) < 4.78 is 5.08. The van der Waals surface area contributed by atoms with Crippen molar-refractivity contribution in [1.82, 2.24) is 4.90 Å². The van der Waals surface area contributed by atoms with Gasteiger partial charge in [-0.05, 0) is 20.8 Å². The van der Waals surface area contributed by atoms with Gasteiger partial charge in [-0.3, -0.25) is 4.90 Å². The smallest absolute Gasteiger partial charge is 0.411 e. The lowest BCUT2D eigenvalue weighted by atomic mass is 10.2. The predicted molar refractivity (Wildman–Crippen MR) is 56.7 cm³/mol. The summed E-state index contributed by atoms with van der Waals surface area (Å²) in [5.41, 5.74) is -0.622. The molecule has 90 valence electrons. The van der Waals surface area contributed by atoms with Gasteiger partial charge in [0.1, 0.15) is 5.60 Å². The summed E-state index contributed by atoms with van der Waals surface area (Å²) >= 11 is 0. The van der Waals surface area contributed by atoms with E-state index in [0.29, 0.717) is 0 Å². The van der Waals surface area contributed by atoms with E-state index in [-0.39, 0.29) is 18.7 Å². The maximum atomic E-state index is 11.7. The van der Waals surface area contributed by atoms with E-state index in [1.807, 2.05) is 0 Å². The van der Waals surface area contributed by atoms with Gasteiger partial charge in [0.2, 0.25) is 0 Å². The maximum Gasteiger partial charge on any atom is 0.411 e. The van der Waals surface area contributed by atoms with Gasteiger partial charge in [0.15, 0.2) is 6.04 Å². The van der Waals surface area contributed by atoms with Crippen molar-refractivity contribution in [3.05, 3.63) is 0 Å². The Balaban J connectivity index is 2.77. The van der Waals surface area contributed by atoms with Crippen LogP contribution in [0.4, 0.5) is 4.79 Å². The van der Waals surface area contributed by atoms with Gasteiger partial charge in [-0.25, -0.2) is 9.59 Å². The fourth-order valence-corrected chi connectivity index (χ4v) is 1.49. The molecule has 1 unspecified atom stereocenters. The zero-order valence-corrected chi connectivity index (χ0v) is 9.61. The fourth-order valence-electron chi connectivity index (χ4n) is 1.49. The lowest BCUT2D eigenvalue weighted by Gasteiger charge is -2.26. The Hall–Kier alpha value is -1.59. The van der Waals surface area contributed by atoms with Crippen LogP contribution in [-0.4, -0.2) is 46.0 Å². The molecule has 0 saturated carbocycles. The van der Waals surface area contributed by atoms with Gasteiger partial charge in [-0.1, -0.05) is 0 Å². The first kappa shape index (κ1) is 12.5. The molecule has 1 rings (SSSR count). The second kappa shape index (κ2) is 4.11. The maximum absolute atomic E-state index is 11.7. The van der Waals surface area contributed by atoms with Gasteiger partial charge in [-0.15, -0.1) is 0 Å². The number of amides is 1. The molecule has 0 radical (unpaired) electrons. The summed E-state index contributed by atoms with van der Waals surface area (Å²) in [6.07, 6.45) is -0.391. The van der Waals surface area contributed by atoms with E-state index in [9.17, 15) is 9.59 Å². The van der Waals surface area contributed by atoms with Crippen LogP contribution in [0.15, 0.2) is 0 Å². The van der Waals surface area contributed by atoms with E-state index >= 15 is 0 Å². The Labute approximate surface area is 93.7 Å². The molecule has 1 fully saturated rings. The second-order valence-electron chi connectivity index (χ2n) is 4.69. The van der Waals surface area contributed by atoms with Crippen molar-refractivity contribution in [2.75, 3.05) is 6.54 Å². The molecule has 1 saturated heterocycles. The molecule has 16 heavy (non-hydrogen) atoms. The summed E-state index contributed by atoms with van der Waals surface area (Å²) in [7, 11) is 0. The Morgan fingerprint density at radius 2 is 2.06 bits per heavy atom. The average molecular weight is 228 g/mol. The predicted octanol–water partition coefficient (Wildman–Crippen LogP) is 1.10. The average Bonchev–Trinajstić information content (AvgIpc) is 2.43. The quantitative estimate of drug-likeness (QED) is 0.703. The molecule has 1 atom stereocenters. The van der Waals surface area contributed by atoms with Crippen LogP contribution < -0.4 is 0 Å². The summed E-state index contributed by atoms with van der Waals surface area (Å²) in [5, 5.41) is 16.4. The molecule has 6 heteroatoms. The highest BCUT2D eigenvalue weighted by Crippen LogP contribution is 2.18. The summed E-state index contributed by atoms with van der Waals surface area (Å²) in [6, 6.07) is -1.17. The lowest BCUT2D eigenvalue weighted by Crippen LogP contribution is -2.45. The van der Waals surface area contributed by atoms with Crippen LogP contribution >= 0.6 is 0 Å². The monoisotopic (exact) mass is 228 g/mol. The summed E-state index contributed by atoms with van der Waals surface area (Å²) in [4.78, 5) is 23.6.